The van der Waals surface area contributed by atoms with E-state index in [0.29, 0.717) is 19.6 Å². The maximum Gasteiger partial charge on any atom is 0.126 e. The molecule has 0 aliphatic carbocycles. The van der Waals surface area contributed by atoms with E-state index >= 15 is 0 Å². The highest BCUT2D eigenvalue weighted by molar-refractivity contribution is 7.15. The average molecular weight is 517 g/mol. The van der Waals surface area contributed by atoms with Crippen molar-refractivity contribution < 1.29 is 13.9 Å². The molecule has 0 fully saturated rings. The van der Waals surface area contributed by atoms with Gasteiger partial charge < -0.3 is 9.47 Å². The molecule has 0 aliphatic heterocycles. The van der Waals surface area contributed by atoms with Gasteiger partial charge in [-0.2, -0.15) is 0 Å². The maximum atomic E-state index is 13.7. The summed E-state index contributed by atoms with van der Waals surface area (Å²) in [4.78, 5) is 3.61. The van der Waals surface area contributed by atoms with E-state index in [1.54, 1.807) is 28.7 Å². The zero-order chi connectivity index (χ0) is 25.2. The predicted molar refractivity (Wildman–Crippen MR) is 151 cm³/mol. The molecule has 0 amide bonds. The van der Waals surface area contributed by atoms with Crippen LogP contribution in [0.25, 0.3) is 20.9 Å². The SMILES string of the molecule is CCOc1cccc(-c2ccc(Cc3ccccc3F)s2)c1.CCOc1cccc(-c2cccs2)c1. The molecule has 5 heteroatoms. The van der Waals surface area contributed by atoms with E-state index in [0.717, 1.165) is 27.5 Å². The van der Waals surface area contributed by atoms with E-state index in [-0.39, 0.29) is 5.82 Å². The minimum atomic E-state index is -0.143. The monoisotopic (exact) mass is 516 g/mol. The van der Waals surface area contributed by atoms with Gasteiger partial charge in [-0.1, -0.05) is 48.5 Å². The van der Waals surface area contributed by atoms with Gasteiger partial charge in [0.1, 0.15) is 17.3 Å². The fraction of sp³-hybridized carbons (Fsp3) is 0.161. The first-order valence-electron chi connectivity index (χ1n) is 12.0. The van der Waals surface area contributed by atoms with Gasteiger partial charge in [-0.05, 0) is 84.4 Å². The van der Waals surface area contributed by atoms with Gasteiger partial charge in [-0.15, -0.1) is 22.7 Å². The first-order chi connectivity index (χ1) is 17.7. The third-order valence-corrected chi connectivity index (χ3v) is 7.42. The summed E-state index contributed by atoms with van der Waals surface area (Å²) in [5.41, 5.74) is 3.10. The Bertz CT molecular complexity index is 1360. The van der Waals surface area contributed by atoms with Crippen LogP contribution in [-0.2, 0) is 6.42 Å². The van der Waals surface area contributed by atoms with Crippen molar-refractivity contribution in [3.63, 3.8) is 0 Å². The molecule has 0 spiro atoms. The Balaban J connectivity index is 0.000000187. The molecule has 0 atom stereocenters. The molecule has 0 aliphatic rings. The zero-order valence-electron chi connectivity index (χ0n) is 20.4. The lowest BCUT2D eigenvalue weighted by atomic mass is 10.1. The molecule has 3 aromatic carbocycles. The molecule has 2 nitrogen and oxygen atoms in total. The van der Waals surface area contributed by atoms with Crippen molar-refractivity contribution in [3.05, 3.63) is 119 Å². The first-order valence-corrected chi connectivity index (χ1v) is 13.7. The highest BCUT2D eigenvalue weighted by Crippen LogP contribution is 2.32. The van der Waals surface area contributed by atoms with Gasteiger partial charge in [0, 0.05) is 21.1 Å². The maximum absolute atomic E-state index is 13.7. The third-order valence-electron chi connectivity index (χ3n) is 5.36. The van der Waals surface area contributed by atoms with Crippen LogP contribution in [0.15, 0.2) is 102 Å². The highest BCUT2D eigenvalue weighted by atomic mass is 32.1. The van der Waals surface area contributed by atoms with Crippen LogP contribution < -0.4 is 9.47 Å². The highest BCUT2D eigenvalue weighted by Gasteiger charge is 2.07. The van der Waals surface area contributed by atoms with E-state index in [4.69, 9.17) is 9.47 Å². The zero-order valence-corrected chi connectivity index (χ0v) is 22.1. The van der Waals surface area contributed by atoms with Crippen molar-refractivity contribution in [1.82, 2.24) is 0 Å². The Morgan fingerprint density at radius 3 is 1.94 bits per heavy atom. The van der Waals surface area contributed by atoms with Crippen LogP contribution in [0.1, 0.15) is 24.3 Å². The molecule has 0 N–H and O–H groups in total. The molecule has 0 bridgehead atoms. The van der Waals surface area contributed by atoms with E-state index in [9.17, 15) is 4.39 Å². The summed E-state index contributed by atoms with van der Waals surface area (Å²) >= 11 is 3.44. The van der Waals surface area contributed by atoms with Crippen molar-refractivity contribution in [2.45, 2.75) is 20.3 Å². The number of rotatable bonds is 8. The molecule has 0 saturated carbocycles. The number of benzene rings is 3. The fourth-order valence-corrected chi connectivity index (χ4v) is 5.46. The second-order valence-corrected chi connectivity index (χ2v) is 10.0. The van der Waals surface area contributed by atoms with Gasteiger partial charge in [0.05, 0.1) is 13.2 Å². The lowest BCUT2D eigenvalue weighted by Crippen LogP contribution is -1.90. The van der Waals surface area contributed by atoms with Crippen LogP contribution in [0.5, 0.6) is 11.5 Å². The molecular weight excluding hydrogens is 487 g/mol. The normalized spacial score (nSPS) is 10.4. The fourth-order valence-electron chi connectivity index (χ4n) is 3.71. The average Bonchev–Trinajstić information content (AvgIpc) is 3.60. The molecule has 36 heavy (non-hydrogen) atoms. The van der Waals surface area contributed by atoms with Gasteiger partial charge in [-0.3, -0.25) is 0 Å². The Hall–Kier alpha value is -3.41. The molecular formula is C31H29FO2S2. The summed E-state index contributed by atoms with van der Waals surface area (Å²) in [5.74, 6) is 1.68. The third kappa shape index (κ3) is 7.06. The van der Waals surface area contributed by atoms with Crippen molar-refractivity contribution in [2.24, 2.45) is 0 Å². The van der Waals surface area contributed by atoms with Crippen molar-refractivity contribution in [1.29, 1.82) is 0 Å². The number of ether oxygens (including phenoxy) is 2. The molecule has 0 saturated heterocycles. The molecule has 0 radical (unpaired) electrons. The Morgan fingerprint density at radius 1 is 0.667 bits per heavy atom. The second-order valence-electron chi connectivity index (χ2n) is 7.93. The van der Waals surface area contributed by atoms with E-state index < -0.39 is 0 Å². The minimum Gasteiger partial charge on any atom is -0.494 e. The van der Waals surface area contributed by atoms with Crippen LogP contribution in [-0.4, -0.2) is 13.2 Å². The van der Waals surface area contributed by atoms with Crippen molar-refractivity contribution in [2.75, 3.05) is 13.2 Å². The van der Waals surface area contributed by atoms with Crippen molar-refractivity contribution >= 4 is 22.7 Å². The largest absolute Gasteiger partial charge is 0.494 e. The molecule has 184 valence electrons. The first kappa shape index (κ1) is 25.7. The van der Waals surface area contributed by atoms with Crippen LogP contribution in [0, 0.1) is 5.82 Å². The molecule has 2 heterocycles. The number of hydrogen-bond donors (Lipinski definition) is 0. The van der Waals surface area contributed by atoms with Gasteiger partial charge >= 0.3 is 0 Å². The molecule has 5 aromatic rings. The number of halogens is 1. The van der Waals surface area contributed by atoms with Gasteiger partial charge in [0.25, 0.3) is 0 Å². The Kier molecular flexibility index (Phi) is 9.31. The lowest BCUT2D eigenvalue weighted by molar-refractivity contribution is 0.340. The van der Waals surface area contributed by atoms with Gasteiger partial charge in [-0.25, -0.2) is 4.39 Å². The van der Waals surface area contributed by atoms with Crippen LogP contribution in [0.3, 0.4) is 0 Å². The predicted octanol–water partition coefficient (Wildman–Crippen LogP) is 9.36. The summed E-state index contributed by atoms with van der Waals surface area (Å²) < 4.78 is 24.7. The standard InChI is InChI=1S/C19H17FOS.C12H12OS/c1-2-21-16-8-5-7-15(12-16)19-11-10-17(22-19)13-14-6-3-4-9-18(14)20;1-2-13-11-6-3-5-10(9-11)12-7-4-8-14-12/h3-12H,2,13H2,1H3;3-9H,2H2,1H3. The molecule has 0 unspecified atom stereocenters. The van der Waals surface area contributed by atoms with Crippen LogP contribution >= 0.6 is 22.7 Å². The summed E-state index contributed by atoms with van der Waals surface area (Å²) in [7, 11) is 0. The van der Waals surface area contributed by atoms with E-state index in [1.165, 1.54) is 21.4 Å². The Labute approximate surface area is 220 Å². The summed E-state index contributed by atoms with van der Waals surface area (Å²) in [6.07, 6.45) is 0.627. The minimum absolute atomic E-state index is 0.143. The Morgan fingerprint density at radius 2 is 1.33 bits per heavy atom. The smallest absolute Gasteiger partial charge is 0.126 e. The summed E-state index contributed by atoms with van der Waals surface area (Å²) in [6.45, 7) is 5.35. The van der Waals surface area contributed by atoms with E-state index in [2.05, 4.69) is 47.8 Å². The summed E-state index contributed by atoms with van der Waals surface area (Å²) in [6, 6.07) is 31.6. The molecule has 2 aromatic heterocycles. The lowest BCUT2D eigenvalue weighted by Gasteiger charge is -2.04. The number of hydrogen-bond acceptors (Lipinski definition) is 4. The van der Waals surface area contributed by atoms with Gasteiger partial charge in [0.15, 0.2) is 0 Å². The number of thiophene rings is 2. The quantitative estimate of drug-likeness (QED) is 0.204. The topological polar surface area (TPSA) is 18.5 Å². The summed E-state index contributed by atoms with van der Waals surface area (Å²) in [5, 5.41) is 2.09. The van der Waals surface area contributed by atoms with Crippen molar-refractivity contribution in [3.8, 4) is 32.4 Å². The second kappa shape index (κ2) is 13.1. The van der Waals surface area contributed by atoms with E-state index in [1.807, 2.05) is 56.3 Å². The molecule has 5 rings (SSSR count). The van der Waals surface area contributed by atoms with Crippen LogP contribution in [0.2, 0.25) is 0 Å². The van der Waals surface area contributed by atoms with Crippen LogP contribution in [0.4, 0.5) is 4.39 Å². The van der Waals surface area contributed by atoms with Gasteiger partial charge in [0.2, 0.25) is 0 Å².